The minimum Gasteiger partial charge on any atom is -0.368 e. The third-order valence-electron chi connectivity index (χ3n) is 2.05. The number of carbonyl (C=O) groups excluding carboxylic acids is 1. The summed E-state index contributed by atoms with van der Waals surface area (Å²) >= 11 is 5.48. The second-order valence-corrected chi connectivity index (χ2v) is 3.10. The van der Waals surface area contributed by atoms with Crippen molar-refractivity contribution in [2.75, 3.05) is 12.4 Å². The molecule has 0 bridgehead atoms. The molecule has 76 valence electrons. The predicted octanol–water partition coefficient (Wildman–Crippen LogP) is 0.574. The van der Waals surface area contributed by atoms with Crippen LogP contribution in [0.25, 0.3) is 0 Å². The van der Waals surface area contributed by atoms with Crippen molar-refractivity contribution in [1.82, 2.24) is 4.90 Å². The fraction of sp³-hybridized carbons (Fsp3) is 0.714. The molecule has 4 nitrogen and oxygen atoms in total. The summed E-state index contributed by atoms with van der Waals surface area (Å²) in [4.78, 5) is 12.5. The van der Waals surface area contributed by atoms with Gasteiger partial charge in [-0.15, -0.1) is 24.0 Å². The summed E-state index contributed by atoms with van der Waals surface area (Å²) in [6.45, 7) is 0.721. The lowest BCUT2D eigenvalue weighted by Gasteiger charge is -2.23. The number of hydrogen-bond acceptors (Lipinski definition) is 2. The second kappa shape index (κ2) is 5.29. The zero-order valence-corrected chi connectivity index (χ0v) is 8.70. The molecule has 6 heteroatoms. The molecule has 1 saturated heterocycles. The van der Waals surface area contributed by atoms with Gasteiger partial charge in [-0.05, 0) is 12.8 Å². The van der Waals surface area contributed by atoms with Gasteiger partial charge in [0.15, 0.2) is 0 Å². The molecule has 1 atom stereocenters. The van der Waals surface area contributed by atoms with E-state index >= 15 is 0 Å². The number of carbonyl (C=O) groups is 1. The van der Waals surface area contributed by atoms with E-state index in [9.17, 15) is 4.79 Å². The highest BCUT2D eigenvalue weighted by Crippen LogP contribution is 2.17. The van der Waals surface area contributed by atoms with Gasteiger partial charge in [-0.25, -0.2) is 0 Å². The summed E-state index contributed by atoms with van der Waals surface area (Å²) in [6.07, 6.45) is 1.65. The van der Waals surface area contributed by atoms with Crippen LogP contribution in [-0.4, -0.2) is 35.1 Å². The molecule has 3 N–H and O–H groups in total. The molecule has 0 spiro atoms. The summed E-state index contributed by atoms with van der Waals surface area (Å²) in [5, 5.41) is 7.44. The van der Waals surface area contributed by atoms with Gasteiger partial charge in [0.25, 0.3) is 0 Å². The summed E-state index contributed by atoms with van der Waals surface area (Å²) in [6, 6.07) is -0.309. The van der Waals surface area contributed by atoms with Crippen molar-refractivity contribution in [3.05, 3.63) is 0 Å². The molecule has 0 saturated carbocycles. The maximum Gasteiger partial charge on any atom is 0.240 e. The molecule has 0 unspecified atom stereocenters. The van der Waals surface area contributed by atoms with Gasteiger partial charge in [-0.2, -0.15) is 0 Å². The van der Waals surface area contributed by atoms with Gasteiger partial charge in [0.05, 0.1) is 5.88 Å². The average Bonchev–Trinajstić information content (AvgIpc) is 2.50. The maximum atomic E-state index is 10.9. The zero-order chi connectivity index (χ0) is 9.14. The summed E-state index contributed by atoms with van der Waals surface area (Å²) < 4.78 is 0. The van der Waals surface area contributed by atoms with Crippen LogP contribution in [0.3, 0.4) is 0 Å². The van der Waals surface area contributed by atoms with Gasteiger partial charge in [0.2, 0.25) is 5.91 Å². The Labute approximate surface area is 88.3 Å². The molecule has 1 heterocycles. The first-order valence-corrected chi connectivity index (χ1v) is 4.39. The maximum absolute atomic E-state index is 10.9. The lowest BCUT2D eigenvalue weighted by Crippen LogP contribution is -2.43. The molecule has 0 aromatic rings. The Kier molecular flexibility index (Phi) is 5.10. The lowest BCUT2D eigenvalue weighted by atomic mass is 10.2. The van der Waals surface area contributed by atoms with E-state index in [1.807, 2.05) is 0 Å². The Morgan fingerprint density at radius 3 is 2.77 bits per heavy atom. The first-order valence-electron chi connectivity index (χ1n) is 3.86. The molecule has 1 aliphatic rings. The van der Waals surface area contributed by atoms with E-state index in [0.717, 1.165) is 19.4 Å². The van der Waals surface area contributed by atoms with Crippen LogP contribution >= 0.6 is 24.0 Å². The molecule has 13 heavy (non-hydrogen) atoms. The Hall–Kier alpha value is -0.480. The molecule has 0 aliphatic carbocycles. The van der Waals surface area contributed by atoms with Gasteiger partial charge in [-0.3, -0.25) is 10.2 Å². The van der Waals surface area contributed by atoms with Crippen LogP contribution in [0, 0.1) is 5.41 Å². The summed E-state index contributed by atoms with van der Waals surface area (Å²) in [5.41, 5.74) is 5.16. The van der Waals surface area contributed by atoms with Crippen molar-refractivity contribution in [1.29, 1.82) is 5.41 Å². The first-order chi connectivity index (χ1) is 5.66. The van der Waals surface area contributed by atoms with E-state index in [1.165, 1.54) is 0 Å². The molecule has 1 aliphatic heterocycles. The van der Waals surface area contributed by atoms with Crippen LogP contribution < -0.4 is 5.73 Å². The van der Waals surface area contributed by atoms with Crippen LogP contribution in [0.5, 0.6) is 0 Å². The minimum atomic E-state index is -0.359. The Morgan fingerprint density at radius 2 is 2.31 bits per heavy atom. The van der Waals surface area contributed by atoms with Crippen LogP contribution in [0.2, 0.25) is 0 Å². The van der Waals surface area contributed by atoms with Gasteiger partial charge in [0, 0.05) is 6.54 Å². The number of rotatable bonds is 2. The Bertz CT molecular complexity index is 210. The van der Waals surface area contributed by atoms with E-state index in [2.05, 4.69) is 0 Å². The van der Waals surface area contributed by atoms with Crippen molar-refractivity contribution < 1.29 is 4.79 Å². The molecule has 1 fully saturated rings. The molecule has 0 aromatic carbocycles. The van der Waals surface area contributed by atoms with E-state index in [0.29, 0.717) is 0 Å². The highest BCUT2D eigenvalue weighted by molar-refractivity contribution is 6.27. The van der Waals surface area contributed by atoms with E-state index < -0.39 is 0 Å². The molecule has 1 amide bonds. The number of alkyl halides is 1. The van der Waals surface area contributed by atoms with Gasteiger partial charge < -0.3 is 10.6 Å². The molecular weight excluding hydrogens is 213 g/mol. The zero-order valence-electron chi connectivity index (χ0n) is 7.12. The SMILES string of the molecule is Cl.N=C(CCl)N1CCC[C@H]1C(N)=O. The number of nitrogens with one attached hydrogen (secondary N) is 1. The predicted molar refractivity (Wildman–Crippen MR) is 54.6 cm³/mol. The van der Waals surface area contributed by atoms with Crippen molar-refractivity contribution in [2.24, 2.45) is 5.73 Å². The first kappa shape index (κ1) is 12.5. The van der Waals surface area contributed by atoms with Crippen molar-refractivity contribution >= 4 is 35.8 Å². The fourth-order valence-electron chi connectivity index (χ4n) is 1.46. The van der Waals surface area contributed by atoms with Crippen molar-refractivity contribution in [3.8, 4) is 0 Å². The van der Waals surface area contributed by atoms with Crippen LogP contribution in [0.4, 0.5) is 0 Å². The number of nitrogens with two attached hydrogens (primary N) is 1. The topological polar surface area (TPSA) is 70.2 Å². The lowest BCUT2D eigenvalue weighted by molar-refractivity contribution is -0.121. The number of amidine groups is 1. The van der Waals surface area contributed by atoms with Crippen molar-refractivity contribution in [2.45, 2.75) is 18.9 Å². The number of hydrogen-bond donors (Lipinski definition) is 2. The average molecular weight is 226 g/mol. The molecule has 0 radical (unpaired) electrons. The summed E-state index contributed by atoms with van der Waals surface area (Å²) in [5.74, 6) is 0.0735. The molecule has 1 rings (SSSR count). The van der Waals surface area contributed by atoms with Gasteiger partial charge in [-0.1, -0.05) is 0 Å². The Balaban J connectivity index is 0.00000144. The normalized spacial score (nSPS) is 21.0. The highest BCUT2D eigenvalue weighted by atomic mass is 35.5. The monoisotopic (exact) mass is 225 g/mol. The second-order valence-electron chi connectivity index (χ2n) is 2.83. The summed E-state index contributed by atoms with van der Waals surface area (Å²) in [7, 11) is 0. The van der Waals surface area contributed by atoms with E-state index in [1.54, 1.807) is 4.90 Å². The standard InChI is InChI=1S/C7H12ClN3O.ClH/c8-4-6(9)11-3-1-2-5(11)7(10)12;/h5,9H,1-4H2,(H2,10,12);1H/t5-;/m0./s1. The minimum absolute atomic E-state index is 0. The van der Waals surface area contributed by atoms with Gasteiger partial charge in [0.1, 0.15) is 11.9 Å². The van der Waals surface area contributed by atoms with Crippen LogP contribution in [0.15, 0.2) is 0 Å². The van der Waals surface area contributed by atoms with Crippen molar-refractivity contribution in [3.63, 3.8) is 0 Å². The van der Waals surface area contributed by atoms with E-state index in [4.69, 9.17) is 22.7 Å². The molecule has 0 aromatic heterocycles. The third-order valence-corrected chi connectivity index (χ3v) is 2.31. The van der Waals surface area contributed by atoms with E-state index in [-0.39, 0.29) is 36.1 Å². The largest absolute Gasteiger partial charge is 0.368 e. The van der Waals surface area contributed by atoms with Gasteiger partial charge >= 0.3 is 0 Å². The number of nitrogens with zero attached hydrogens (tertiary/aromatic N) is 1. The number of amides is 1. The van der Waals surface area contributed by atoms with Crippen LogP contribution in [0.1, 0.15) is 12.8 Å². The molecular formula is C7H13Cl2N3O. The highest BCUT2D eigenvalue weighted by Gasteiger charge is 2.29. The third kappa shape index (κ3) is 2.74. The Morgan fingerprint density at radius 1 is 1.69 bits per heavy atom. The quantitative estimate of drug-likeness (QED) is 0.410. The smallest absolute Gasteiger partial charge is 0.240 e. The number of halogens is 2. The fourth-order valence-corrected chi connectivity index (χ4v) is 1.62. The van der Waals surface area contributed by atoms with Crippen LogP contribution in [-0.2, 0) is 4.79 Å². The number of primary amides is 1. The number of likely N-dealkylation sites (tertiary alicyclic amines) is 1.